The van der Waals surface area contributed by atoms with Crippen molar-refractivity contribution in [3.8, 4) is 0 Å². The molecule has 1 rings (SSSR count). The first-order valence-electron chi connectivity index (χ1n) is 6.07. The van der Waals surface area contributed by atoms with Crippen molar-refractivity contribution in [2.75, 3.05) is 0 Å². The van der Waals surface area contributed by atoms with Gasteiger partial charge in [0.1, 0.15) is 5.60 Å². The Morgan fingerprint density at radius 2 is 1.95 bits per heavy atom. The molecule has 1 aromatic heterocycles. The lowest BCUT2D eigenvalue weighted by molar-refractivity contribution is -0.138. The number of hydrogen-bond donors (Lipinski definition) is 1. The molecule has 0 aliphatic heterocycles. The SMILES string of the molecule is CC(C)n1ncc(Br)c1C(C)(O)CCCC(F)(F)F. The molecule has 1 unspecified atom stereocenters. The topological polar surface area (TPSA) is 38.0 Å². The average Bonchev–Trinajstić information content (AvgIpc) is 2.58. The monoisotopic (exact) mass is 342 g/mol. The van der Waals surface area contributed by atoms with Crippen LogP contribution in [-0.4, -0.2) is 21.1 Å². The third kappa shape index (κ3) is 4.49. The standard InChI is InChI=1S/C12H18BrF3N2O/c1-8(2)18-10(9(13)7-17-18)11(3,19)5-4-6-12(14,15)16/h7-8,19H,4-6H2,1-3H3. The van der Waals surface area contributed by atoms with E-state index in [0.29, 0.717) is 10.2 Å². The number of hydrogen-bond acceptors (Lipinski definition) is 2. The molecule has 1 aromatic rings. The predicted molar refractivity (Wildman–Crippen MR) is 69.8 cm³/mol. The highest BCUT2D eigenvalue weighted by molar-refractivity contribution is 9.10. The Morgan fingerprint density at radius 1 is 1.37 bits per heavy atom. The highest BCUT2D eigenvalue weighted by atomic mass is 79.9. The van der Waals surface area contributed by atoms with E-state index >= 15 is 0 Å². The van der Waals surface area contributed by atoms with E-state index in [0.717, 1.165) is 0 Å². The van der Waals surface area contributed by atoms with Crippen molar-refractivity contribution in [1.82, 2.24) is 9.78 Å². The van der Waals surface area contributed by atoms with Gasteiger partial charge in [-0.25, -0.2) is 0 Å². The summed E-state index contributed by atoms with van der Waals surface area (Å²) < 4.78 is 38.7. The minimum absolute atomic E-state index is 0.0235. The van der Waals surface area contributed by atoms with Gasteiger partial charge in [0.15, 0.2) is 0 Å². The van der Waals surface area contributed by atoms with Gasteiger partial charge < -0.3 is 5.11 Å². The molecule has 0 amide bonds. The molecule has 0 radical (unpaired) electrons. The summed E-state index contributed by atoms with van der Waals surface area (Å²) in [6.07, 6.45) is -3.62. The summed E-state index contributed by atoms with van der Waals surface area (Å²) >= 11 is 3.29. The molecule has 1 N–H and O–H groups in total. The molecular weight excluding hydrogens is 325 g/mol. The first-order valence-corrected chi connectivity index (χ1v) is 6.86. The predicted octanol–water partition coefficient (Wildman–Crippen LogP) is 4.17. The van der Waals surface area contributed by atoms with Crippen LogP contribution in [0.2, 0.25) is 0 Å². The molecule has 0 spiro atoms. The summed E-state index contributed by atoms with van der Waals surface area (Å²) in [6.45, 7) is 5.31. The fourth-order valence-corrected chi connectivity index (χ4v) is 2.69. The zero-order valence-corrected chi connectivity index (χ0v) is 12.7. The van der Waals surface area contributed by atoms with E-state index < -0.39 is 18.2 Å². The Morgan fingerprint density at radius 3 is 2.42 bits per heavy atom. The molecule has 1 atom stereocenters. The van der Waals surface area contributed by atoms with Gasteiger partial charge in [0, 0.05) is 12.5 Å². The van der Waals surface area contributed by atoms with Crippen molar-refractivity contribution in [3.63, 3.8) is 0 Å². The molecule has 0 aromatic carbocycles. The molecule has 19 heavy (non-hydrogen) atoms. The summed E-state index contributed by atoms with van der Waals surface area (Å²) in [7, 11) is 0. The van der Waals surface area contributed by atoms with E-state index in [1.165, 1.54) is 6.92 Å². The molecule has 7 heteroatoms. The van der Waals surface area contributed by atoms with Crippen LogP contribution in [0.5, 0.6) is 0 Å². The van der Waals surface area contributed by atoms with E-state index in [4.69, 9.17) is 0 Å². The Balaban J connectivity index is 2.85. The Kier molecular flexibility index (Phi) is 5.06. The van der Waals surface area contributed by atoms with Crippen LogP contribution in [0.4, 0.5) is 13.2 Å². The van der Waals surface area contributed by atoms with Gasteiger partial charge in [-0.3, -0.25) is 4.68 Å². The van der Waals surface area contributed by atoms with Crippen LogP contribution in [0.15, 0.2) is 10.7 Å². The quantitative estimate of drug-likeness (QED) is 0.872. The van der Waals surface area contributed by atoms with E-state index in [2.05, 4.69) is 21.0 Å². The van der Waals surface area contributed by atoms with Gasteiger partial charge in [0.25, 0.3) is 0 Å². The van der Waals surface area contributed by atoms with Gasteiger partial charge in [0.2, 0.25) is 0 Å². The van der Waals surface area contributed by atoms with Gasteiger partial charge in [-0.2, -0.15) is 18.3 Å². The lowest BCUT2D eigenvalue weighted by Gasteiger charge is -2.26. The highest BCUT2D eigenvalue weighted by Gasteiger charge is 2.33. The van der Waals surface area contributed by atoms with Crippen molar-refractivity contribution in [3.05, 3.63) is 16.4 Å². The lowest BCUT2D eigenvalue weighted by Crippen LogP contribution is -2.27. The normalized spacial score (nSPS) is 15.8. The molecule has 0 saturated heterocycles. The van der Waals surface area contributed by atoms with Gasteiger partial charge >= 0.3 is 6.18 Å². The minimum atomic E-state index is -4.19. The second kappa shape index (κ2) is 5.83. The van der Waals surface area contributed by atoms with Gasteiger partial charge in [0.05, 0.1) is 16.4 Å². The summed E-state index contributed by atoms with van der Waals surface area (Å²) in [5.41, 5.74) is -0.824. The first kappa shape index (κ1) is 16.5. The highest BCUT2D eigenvalue weighted by Crippen LogP contribution is 2.35. The van der Waals surface area contributed by atoms with Crippen LogP contribution in [0.25, 0.3) is 0 Å². The van der Waals surface area contributed by atoms with E-state index in [9.17, 15) is 18.3 Å². The number of rotatable bonds is 5. The summed E-state index contributed by atoms with van der Waals surface area (Å²) in [5.74, 6) is 0. The number of aromatic nitrogens is 2. The van der Waals surface area contributed by atoms with Crippen LogP contribution < -0.4 is 0 Å². The smallest absolute Gasteiger partial charge is 0.384 e. The molecule has 1 heterocycles. The van der Waals surface area contributed by atoms with Gasteiger partial charge in [-0.1, -0.05) is 0 Å². The number of nitrogens with zero attached hydrogens (tertiary/aromatic N) is 2. The molecular formula is C12H18BrF3N2O. The molecule has 3 nitrogen and oxygen atoms in total. The molecule has 110 valence electrons. The van der Waals surface area contributed by atoms with E-state index in [-0.39, 0.29) is 18.9 Å². The molecule has 0 fully saturated rings. The third-order valence-electron chi connectivity index (χ3n) is 2.87. The fraction of sp³-hybridized carbons (Fsp3) is 0.750. The maximum atomic E-state index is 12.2. The van der Waals surface area contributed by atoms with Crippen LogP contribution in [0, 0.1) is 0 Å². The van der Waals surface area contributed by atoms with E-state index in [1.807, 2.05) is 13.8 Å². The second-order valence-electron chi connectivity index (χ2n) is 5.12. The summed E-state index contributed by atoms with van der Waals surface area (Å²) in [5, 5.41) is 14.5. The van der Waals surface area contributed by atoms with Crippen molar-refractivity contribution < 1.29 is 18.3 Å². The van der Waals surface area contributed by atoms with Crippen molar-refractivity contribution in [2.45, 2.75) is 57.9 Å². The molecule has 0 saturated carbocycles. The second-order valence-corrected chi connectivity index (χ2v) is 5.98. The Hall–Kier alpha value is -0.560. The molecule has 0 aliphatic carbocycles. The molecule has 0 aliphatic rings. The Labute approximate surface area is 118 Å². The van der Waals surface area contributed by atoms with E-state index in [1.54, 1.807) is 10.9 Å². The van der Waals surface area contributed by atoms with Gasteiger partial charge in [-0.05, 0) is 49.5 Å². The Bertz CT molecular complexity index is 427. The van der Waals surface area contributed by atoms with Crippen LogP contribution in [0.1, 0.15) is 51.8 Å². The fourth-order valence-electron chi connectivity index (χ4n) is 1.99. The van der Waals surface area contributed by atoms with Crippen molar-refractivity contribution in [2.24, 2.45) is 0 Å². The zero-order valence-electron chi connectivity index (χ0n) is 11.1. The molecule has 0 bridgehead atoms. The van der Waals surface area contributed by atoms with Crippen LogP contribution in [0.3, 0.4) is 0 Å². The maximum Gasteiger partial charge on any atom is 0.389 e. The number of alkyl halides is 3. The van der Waals surface area contributed by atoms with Gasteiger partial charge in [-0.15, -0.1) is 0 Å². The summed E-state index contributed by atoms with van der Waals surface area (Å²) in [4.78, 5) is 0. The summed E-state index contributed by atoms with van der Waals surface area (Å²) in [6, 6.07) is 0.0235. The third-order valence-corrected chi connectivity index (χ3v) is 3.45. The van der Waals surface area contributed by atoms with Crippen molar-refractivity contribution >= 4 is 15.9 Å². The number of aliphatic hydroxyl groups is 1. The minimum Gasteiger partial charge on any atom is -0.384 e. The van der Waals surface area contributed by atoms with Crippen LogP contribution >= 0.6 is 15.9 Å². The largest absolute Gasteiger partial charge is 0.389 e. The number of halogens is 4. The first-order chi connectivity index (χ1) is 8.54. The maximum absolute atomic E-state index is 12.2. The van der Waals surface area contributed by atoms with Crippen molar-refractivity contribution in [1.29, 1.82) is 0 Å². The average molecular weight is 343 g/mol. The van der Waals surface area contributed by atoms with Crippen LogP contribution in [-0.2, 0) is 5.60 Å². The lowest BCUT2D eigenvalue weighted by atomic mass is 9.94. The zero-order chi connectivity index (χ0) is 14.8.